The van der Waals surface area contributed by atoms with Gasteiger partial charge >= 0.3 is 0 Å². The molecule has 1 aliphatic heterocycles. The topological polar surface area (TPSA) is 47.0 Å². The smallest absolute Gasteiger partial charge is 0.137 e. The molecule has 18 heavy (non-hydrogen) atoms. The predicted molar refractivity (Wildman–Crippen MR) is 73.1 cm³/mol. The van der Waals surface area contributed by atoms with E-state index in [-0.39, 0.29) is 0 Å². The van der Waals surface area contributed by atoms with Crippen LogP contribution in [0.3, 0.4) is 0 Å². The summed E-state index contributed by atoms with van der Waals surface area (Å²) in [4.78, 5) is 8.34. The van der Waals surface area contributed by atoms with Gasteiger partial charge in [-0.15, -0.1) is 0 Å². The van der Waals surface area contributed by atoms with Crippen molar-refractivity contribution < 1.29 is 4.74 Å². The first-order chi connectivity index (χ1) is 8.81. The van der Waals surface area contributed by atoms with Gasteiger partial charge in [0.2, 0.25) is 0 Å². The zero-order chi connectivity index (χ0) is 12.8. The van der Waals surface area contributed by atoms with Gasteiger partial charge in [0, 0.05) is 18.7 Å². The average molecular weight is 270 g/mol. The maximum Gasteiger partial charge on any atom is 0.137 e. The van der Waals surface area contributed by atoms with Gasteiger partial charge in [-0.05, 0) is 25.2 Å². The summed E-state index contributed by atoms with van der Waals surface area (Å²) in [6.07, 6.45) is 5.83. The van der Waals surface area contributed by atoms with E-state index in [0.717, 1.165) is 50.4 Å². The van der Waals surface area contributed by atoms with Crippen molar-refractivity contribution in [2.45, 2.75) is 32.6 Å². The molecule has 0 saturated carbocycles. The molecule has 0 aliphatic carbocycles. The molecule has 5 heteroatoms. The summed E-state index contributed by atoms with van der Waals surface area (Å²) >= 11 is 6.11. The zero-order valence-electron chi connectivity index (χ0n) is 10.8. The SMILES string of the molecule is CCCc1c(Cl)ncnc1NCC1CCCOC1. The lowest BCUT2D eigenvalue weighted by Gasteiger charge is -2.23. The van der Waals surface area contributed by atoms with Crippen molar-refractivity contribution >= 4 is 17.4 Å². The largest absolute Gasteiger partial charge is 0.381 e. The monoisotopic (exact) mass is 269 g/mol. The molecule has 1 aromatic rings. The highest BCUT2D eigenvalue weighted by atomic mass is 35.5. The normalized spacial score (nSPS) is 19.8. The fourth-order valence-electron chi connectivity index (χ4n) is 2.22. The molecule has 0 aromatic carbocycles. The van der Waals surface area contributed by atoms with E-state index >= 15 is 0 Å². The second-order valence-electron chi connectivity index (χ2n) is 4.71. The maximum absolute atomic E-state index is 6.11. The Kier molecular flexibility index (Phi) is 5.20. The van der Waals surface area contributed by atoms with Crippen LogP contribution in [-0.4, -0.2) is 29.7 Å². The van der Waals surface area contributed by atoms with Gasteiger partial charge in [0.25, 0.3) is 0 Å². The lowest BCUT2D eigenvalue weighted by molar-refractivity contribution is 0.0594. The molecule has 4 nitrogen and oxygen atoms in total. The van der Waals surface area contributed by atoms with Crippen LogP contribution in [0, 0.1) is 5.92 Å². The van der Waals surface area contributed by atoms with Crippen molar-refractivity contribution in [2.24, 2.45) is 5.92 Å². The maximum atomic E-state index is 6.11. The van der Waals surface area contributed by atoms with Crippen LogP contribution in [0.15, 0.2) is 6.33 Å². The van der Waals surface area contributed by atoms with Crippen LogP contribution in [0.25, 0.3) is 0 Å². The van der Waals surface area contributed by atoms with Crippen molar-refractivity contribution in [3.63, 3.8) is 0 Å². The summed E-state index contributed by atoms with van der Waals surface area (Å²) in [7, 11) is 0. The number of hydrogen-bond acceptors (Lipinski definition) is 4. The van der Waals surface area contributed by atoms with Gasteiger partial charge in [0.05, 0.1) is 6.61 Å². The highest BCUT2D eigenvalue weighted by molar-refractivity contribution is 6.30. The molecule has 1 N–H and O–H groups in total. The van der Waals surface area contributed by atoms with Crippen molar-refractivity contribution in [2.75, 3.05) is 25.1 Å². The van der Waals surface area contributed by atoms with Crippen molar-refractivity contribution in [3.05, 3.63) is 17.0 Å². The molecule has 2 rings (SSSR count). The van der Waals surface area contributed by atoms with Gasteiger partial charge < -0.3 is 10.1 Å². The molecule has 0 amide bonds. The average Bonchev–Trinajstić information content (AvgIpc) is 2.41. The molecule has 100 valence electrons. The van der Waals surface area contributed by atoms with Crippen LogP contribution in [0.2, 0.25) is 5.15 Å². The number of hydrogen-bond donors (Lipinski definition) is 1. The second kappa shape index (κ2) is 6.90. The fraction of sp³-hybridized carbons (Fsp3) is 0.692. The minimum Gasteiger partial charge on any atom is -0.381 e. The number of ether oxygens (including phenoxy) is 1. The highest BCUT2D eigenvalue weighted by Gasteiger charge is 2.15. The molecular formula is C13H20ClN3O. The summed E-state index contributed by atoms with van der Waals surface area (Å²) < 4.78 is 5.47. The van der Waals surface area contributed by atoms with E-state index in [4.69, 9.17) is 16.3 Å². The number of halogens is 1. The Morgan fingerprint density at radius 3 is 3.11 bits per heavy atom. The van der Waals surface area contributed by atoms with E-state index in [1.807, 2.05) is 0 Å². The number of rotatable bonds is 5. The van der Waals surface area contributed by atoms with E-state index in [2.05, 4.69) is 22.2 Å². The molecule has 0 radical (unpaired) electrons. The Labute approximate surface area is 113 Å². The standard InChI is InChI=1S/C13H20ClN3O/c1-2-4-11-12(14)16-9-17-13(11)15-7-10-5-3-6-18-8-10/h9-10H,2-8H2,1H3,(H,15,16,17). The molecule has 0 spiro atoms. The van der Waals surface area contributed by atoms with Crippen LogP contribution in [0.5, 0.6) is 0 Å². The summed E-state index contributed by atoms with van der Waals surface area (Å²) in [5.41, 5.74) is 1.03. The van der Waals surface area contributed by atoms with Crippen LogP contribution < -0.4 is 5.32 Å². The Hall–Kier alpha value is -0.870. The Morgan fingerprint density at radius 2 is 2.39 bits per heavy atom. The number of anilines is 1. The molecule has 1 saturated heterocycles. The van der Waals surface area contributed by atoms with Gasteiger partial charge in [-0.3, -0.25) is 0 Å². The van der Waals surface area contributed by atoms with Crippen molar-refractivity contribution in [1.29, 1.82) is 0 Å². The van der Waals surface area contributed by atoms with E-state index in [1.54, 1.807) is 0 Å². The Bertz CT molecular complexity index is 380. The number of aromatic nitrogens is 2. The van der Waals surface area contributed by atoms with Gasteiger partial charge in [-0.2, -0.15) is 0 Å². The lowest BCUT2D eigenvalue weighted by Crippen LogP contribution is -2.25. The summed E-state index contributed by atoms with van der Waals surface area (Å²) in [6, 6.07) is 0. The predicted octanol–water partition coefficient (Wildman–Crippen LogP) is 2.92. The first-order valence-corrected chi connectivity index (χ1v) is 7.00. The molecule has 2 heterocycles. The van der Waals surface area contributed by atoms with Gasteiger partial charge in [-0.25, -0.2) is 9.97 Å². The van der Waals surface area contributed by atoms with E-state index in [0.29, 0.717) is 11.1 Å². The van der Waals surface area contributed by atoms with Crippen LogP contribution in [0.4, 0.5) is 5.82 Å². The van der Waals surface area contributed by atoms with Gasteiger partial charge in [0.15, 0.2) is 0 Å². The fourth-order valence-corrected chi connectivity index (χ4v) is 2.45. The van der Waals surface area contributed by atoms with E-state index < -0.39 is 0 Å². The highest BCUT2D eigenvalue weighted by Crippen LogP contribution is 2.22. The van der Waals surface area contributed by atoms with E-state index in [9.17, 15) is 0 Å². The minimum atomic E-state index is 0.564. The number of nitrogens with one attached hydrogen (secondary N) is 1. The van der Waals surface area contributed by atoms with Crippen LogP contribution in [0.1, 0.15) is 31.7 Å². The molecule has 1 atom stereocenters. The summed E-state index contributed by atoms with van der Waals surface area (Å²) in [5.74, 6) is 1.45. The molecule has 1 aliphatic rings. The third-order valence-corrected chi connectivity index (χ3v) is 3.53. The lowest BCUT2D eigenvalue weighted by atomic mass is 10.0. The quantitative estimate of drug-likeness (QED) is 0.835. The van der Waals surface area contributed by atoms with Crippen LogP contribution >= 0.6 is 11.6 Å². The number of nitrogens with zero attached hydrogens (tertiary/aromatic N) is 2. The summed E-state index contributed by atoms with van der Waals surface area (Å²) in [5, 5.41) is 3.96. The van der Waals surface area contributed by atoms with Crippen LogP contribution in [-0.2, 0) is 11.2 Å². The van der Waals surface area contributed by atoms with Crippen molar-refractivity contribution in [3.8, 4) is 0 Å². The van der Waals surface area contributed by atoms with Gasteiger partial charge in [0.1, 0.15) is 17.3 Å². The molecular weight excluding hydrogens is 250 g/mol. The molecule has 1 unspecified atom stereocenters. The summed E-state index contributed by atoms with van der Waals surface area (Å²) in [6.45, 7) is 4.76. The zero-order valence-corrected chi connectivity index (χ0v) is 11.5. The first-order valence-electron chi connectivity index (χ1n) is 6.62. The van der Waals surface area contributed by atoms with Crippen molar-refractivity contribution in [1.82, 2.24) is 9.97 Å². The molecule has 1 fully saturated rings. The Morgan fingerprint density at radius 1 is 1.50 bits per heavy atom. The minimum absolute atomic E-state index is 0.564. The third kappa shape index (κ3) is 3.56. The Balaban J connectivity index is 1.97. The van der Waals surface area contributed by atoms with Gasteiger partial charge in [-0.1, -0.05) is 24.9 Å². The van der Waals surface area contributed by atoms with E-state index in [1.165, 1.54) is 12.7 Å². The first kappa shape index (κ1) is 13.6. The molecule has 0 bridgehead atoms. The second-order valence-corrected chi connectivity index (χ2v) is 5.06. The third-order valence-electron chi connectivity index (χ3n) is 3.21. The molecule has 1 aromatic heterocycles.